The molecule has 0 radical (unpaired) electrons. The fraction of sp³-hybridized carbons (Fsp3) is 0.526. The van der Waals surface area contributed by atoms with Gasteiger partial charge in [0.1, 0.15) is 17.3 Å². The van der Waals surface area contributed by atoms with Crippen molar-refractivity contribution in [1.29, 1.82) is 0 Å². The van der Waals surface area contributed by atoms with Gasteiger partial charge in [0.05, 0.1) is 19.8 Å². The van der Waals surface area contributed by atoms with Crippen LogP contribution in [0.1, 0.15) is 54.3 Å². The minimum atomic E-state index is -1.01. The molecule has 8 nitrogen and oxygen atoms in total. The third-order valence-corrected chi connectivity index (χ3v) is 4.01. The standard InChI is InChI=1S/C19H24FNO7/c1-19(2,3)28-18(24)21-10-8-11(9-10)27-13-7-6-12(16(22)25-4)14(15(13)20)17(23)26-5/h6-7,10-11H,8-9H2,1-5H3,(H,21,24). The third kappa shape index (κ3) is 5.11. The van der Waals surface area contributed by atoms with Gasteiger partial charge in [0, 0.05) is 18.9 Å². The molecule has 0 spiro atoms. The number of benzene rings is 1. The first-order valence-corrected chi connectivity index (χ1v) is 8.71. The number of amides is 1. The van der Waals surface area contributed by atoms with Gasteiger partial charge in [0.25, 0.3) is 0 Å². The fourth-order valence-electron chi connectivity index (χ4n) is 2.66. The number of hydrogen-bond donors (Lipinski definition) is 1. The quantitative estimate of drug-likeness (QED) is 0.602. The summed E-state index contributed by atoms with van der Waals surface area (Å²) in [7, 11) is 2.20. The Hall–Kier alpha value is -2.84. The molecule has 0 bridgehead atoms. The van der Waals surface area contributed by atoms with Gasteiger partial charge in [-0.3, -0.25) is 0 Å². The van der Waals surface area contributed by atoms with Gasteiger partial charge in [-0.2, -0.15) is 0 Å². The van der Waals surface area contributed by atoms with E-state index in [9.17, 15) is 18.8 Å². The molecule has 0 heterocycles. The Bertz CT molecular complexity index is 766. The number of ether oxygens (including phenoxy) is 4. The van der Waals surface area contributed by atoms with Crippen molar-refractivity contribution in [3.63, 3.8) is 0 Å². The van der Waals surface area contributed by atoms with E-state index in [2.05, 4.69) is 14.8 Å². The summed E-state index contributed by atoms with van der Waals surface area (Å²) in [5, 5.41) is 2.70. The summed E-state index contributed by atoms with van der Waals surface area (Å²) in [5.74, 6) is -3.07. The lowest BCUT2D eigenvalue weighted by Gasteiger charge is -2.36. The van der Waals surface area contributed by atoms with Crippen molar-refractivity contribution >= 4 is 18.0 Å². The van der Waals surface area contributed by atoms with Gasteiger partial charge in [0.15, 0.2) is 11.6 Å². The molecule has 1 aromatic rings. The summed E-state index contributed by atoms with van der Waals surface area (Å²) in [6.45, 7) is 5.29. The van der Waals surface area contributed by atoms with Crippen molar-refractivity contribution < 1.29 is 37.7 Å². The maximum Gasteiger partial charge on any atom is 0.407 e. The number of halogens is 1. The number of methoxy groups -OCH3 is 2. The van der Waals surface area contributed by atoms with E-state index in [0.29, 0.717) is 12.8 Å². The smallest absolute Gasteiger partial charge is 0.407 e. The first kappa shape index (κ1) is 21.5. The molecule has 1 amide bonds. The van der Waals surface area contributed by atoms with Crippen LogP contribution in [0.2, 0.25) is 0 Å². The van der Waals surface area contributed by atoms with E-state index in [1.165, 1.54) is 12.1 Å². The zero-order valence-electron chi connectivity index (χ0n) is 16.5. The zero-order valence-corrected chi connectivity index (χ0v) is 16.5. The van der Waals surface area contributed by atoms with E-state index in [0.717, 1.165) is 14.2 Å². The van der Waals surface area contributed by atoms with Gasteiger partial charge in [-0.25, -0.2) is 18.8 Å². The van der Waals surface area contributed by atoms with Gasteiger partial charge in [-0.05, 0) is 32.9 Å². The molecule has 1 N–H and O–H groups in total. The predicted octanol–water partition coefficient (Wildman–Crippen LogP) is 2.83. The van der Waals surface area contributed by atoms with Gasteiger partial charge in [0.2, 0.25) is 0 Å². The predicted molar refractivity (Wildman–Crippen MR) is 95.9 cm³/mol. The molecule has 1 aromatic carbocycles. The first-order valence-electron chi connectivity index (χ1n) is 8.71. The molecule has 2 rings (SSSR count). The Kier molecular flexibility index (Phi) is 6.48. The summed E-state index contributed by atoms with van der Waals surface area (Å²) in [4.78, 5) is 35.4. The second kappa shape index (κ2) is 8.45. The Labute approximate surface area is 162 Å². The number of esters is 2. The lowest BCUT2D eigenvalue weighted by atomic mass is 9.89. The summed E-state index contributed by atoms with van der Waals surface area (Å²) >= 11 is 0. The van der Waals surface area contributed by atoms with Crippen LogP contribution in [0.5, 0.6) is 5.75 Å². The largest absolute Gasteiger partial charge is 0.487 e. The maximum absolute atomic E-state index is 14.8. The Morgan fingerprint density at radius 3 is 2.21 bits per heavy atom. The average molecular weight is 397 g/mol. The highest BCUT2D eigenvalue weighted by Gasteiger charge is 2.35. The van der Waals surface area contributed by atoms with Crippen molar-refractivity contribution in [1.82, 2.24) is 5.32 Å². The highest BCUT2D eigenvalue weighted by Crippen LogP contribution is 2.31. The van der Waals surface area contributed by atoms with Gasteiger partial charge < -0.3 is 24.3 Å². The Morgan fingerprint density at radius 1 is 1.07 bits per heavy atom. The van der Waals surface area contributed by atoms with Crippen LogP contribution >= 0.6 is 0 Å². The fourth-order valence-corrected chi connectivity index (χ4v) is 2.66. The summed E-state index contributed by atoms with van der Waals surface area (Å²) < 4.78 is 34.6. The molecule has 1 saturated carbocycles. The van der Waals surface area contributed by atoms with Crippen LogP contribution in [0.25, 0.3) is 0 Å². The van der Waals surface area contributed by atoms with Gasteiger partial charge in [-0.1, -0.05) is 0 Å². The number of alkyl carbamates (subject to hydrolysis) is 1. The van der Waals surface area contributed by atoms with Crippen LogP contribution < -0.4 is 10.1 Å². The molecule has 9 heteroatoms. The summed E-state index contributed by atoms with van der Waals surface area (Å²) in [6.07, 6.45) is 0.0112. The van der Waals surface area contributed by atoms with E-state index in [4.69, 9.17) is 9.47 Å². The molecule has 28 heavy (non-hydrogen) atoms. The molecule has 1 aliphatic rings. The molecule has 1 fully saturated rings. The van der Waals surface area contributed by atoms with Crippen LogP contribution in [0.4, 0.5) is 9.18 Å². The first-order chi connectivity index (χ1) is 13.1. The minimum absolute atomic E-state index is 0.155. The van der Waals surface area contributed by atoms with E-state index in [1.54, 1.807) is 20.8 Å². The Morgan fingerprint density at radius 2 is 1.68 bits per heavy atom. The number of nitrogens with one attached hydrogen (secondary N) is 1. The molecular weight excluding hydrogens is 373 g/mol. The molecular formula is C19H24FNO7. The van der Waals surface area contributed by atoms with Crippen LogP contribution in [0.15, 0.2) is 12.1 Å². The Balaban J connectivity index is 2.03. The van der Waals surface area contributed by atoms with Crippen molar-refractivity contribution in [2.75, 3.05) is 14.2 Å². The number of carbonyl (C=O) groups is 3. The van der Waals surface area contributed by atoms with E-state index in [1.807, 2.05) is 0 Å². The molecule has 0 unspecified atom stereocenters. The molecule has 0 atom stereocenters. The summed E-state index contributed by atoms with van der Waals surface area (Å²) in [6, 6.07) is 2.34. The van der Waals surface area contributed by atoms with Crippen LogP contribution in [-0.2, 0) is 14.2 Å². The normalized spacial score (nSPS) is 18.5. The number of hydrogen-bond acceptors (Lipinski definition) is 7. The lowest BCUT2D eigenvalue weighted by Crippen LogP contribution is -2.50. The lowest BCUT2D eigenvalue weighted by molar-refractivity contribution is 0.0352. The summed E-state index contributed by atoms with van der Waals surface area (Å²) in [5.41, 5.74) is -1.40. The minimum Gasteiger partial charge on any atom is -0.487 e. The van der Waals surface area contributed by atoms with Crippen molar-refractivity contribution in [3.8, 4) is 5.75 Å². The highest BCUT2D eigenvalue weighted by atomic mass is 19.1. The molecule has 0 aromatic heterocycles. The molecule has 0 aliphatic heterocycles. The number of rotatable bonds is 5. The second-order valence-electron chi connectivity index (χ2n) is 7.34. The topological polar surface area (TPSA) is 100 Å². The third-order valence-electron chi connectivity index (χ3n) is 4.01. The highest BCUT2D eigenvalue weighted by molar-refractivity contribution is 6.03. The van der Waals surface area contributed by atoms with Crippen molar-refractivity contribution in [2.45, 2.75) is 51.4 Å². The molecule has 1 aliphatic carbocycles. The van der Waals surface area contributed by atoms with Gasteiger partial charge >= 0.3 is 18.0 Å². The van der Waals surface area contributed by atoms with Crippen molar-refractivity contribution in [2.24, 2.45) is 0 Å². The van der Waals surface area contributed by atoms with E-state index < -0.39 is 35.0 Å². The molecule has 0 saturated heterocycles. The second-order valence-corrected chi connectivity index (χ2v) is 7.34. The van der Waals surface area contributed by atoms with Crippen LogP contribution in [0, 0.1) is 5.82 Å². The molecule has 154 valence electrons. The van der Waals surface area contributed by atoms with Crippen LogP contribution in [-0.4, -0.2) is 50.0 Å². The van der Waals surface area contributed by atoms with E-state index in [-0.39, 0.29) is 23.5 Å². The monoisotopic (exact) mass is 397 g/mol. The van der Waals surface area contributed by atoms with Crippen LogP contribution in [0.3, 0.4) is 0 Å². The SMILES string of the molecule is COC(=O)c1ccc(OC2CC(NC(=O)OC(C)(C)C)C2)c(F)c1C(=O)OC. The van der Waals surface area contributed by atoms with E-state index >= 15 is 0 Å². The maximum atomic E-state index is 14.8. The van der Waals surface area contributed by atoms with Gasteiger partial charge in [-0.15, -0.1) is 0 Å². The number of carbonyl (C=O) groups excluding carboxylic acids is 3. The van der Waals surface area contributed by atoms with Crippen molar-refractivity contribution in [3.05, 3.63) is 29.1 Å². The average Bonchev–Trinajstić information content (AvgIpc) is 2.57. The zero-order chi connectivity index (χ0) is 21.1.